The second-order valence-corrected chi connectivity index (χ2v) is 6.58. The summed E-state index contributed by atoms with van der Waals surface area (Å²) in [6, 6.07) is 8.44. The van der Waals surface area contributed by atoms with Gasteiger partial charge in [-0.25, -0.2) is 0 Å². The standard InChI is InChI=1S/C17H25ClN4O.HI/c1-19-17(20-11-16-6-3-9-23-16)21-14-7-8-22(12-14)15-5-2-4-13(18)10-15;/h2,4-5,10,14,16H,3,6-9,11-12H2,1H3,(H2,19,20,21);1H. The molecule has 0 radical (unpaired) electrons. The van der Waals surface area contributed by atoms with Crippen LogP contribution >= 0.6 is 35.6 Å². The lowest BCUT2D eigenvalue weighted by Crippen LogP contribution is -2.46. The Morgan fingerprint density at radius 2 is 2.29 bits per heavy atom. The van der Waals surface area contributed by atoms with Crippen molar-refractivity contribution in [2.75, 3.05) is 38.2 Å². The lowest BCUT2D eigenvalue weighted by Gasteiger charge is -2.21. The first-order valence-electron chi connectivity index (χ1n) is 8.34. The summed E-state index contributed by atoms with van der Waals surface area (Å²) in [7, 11) is 1.81. The molecule has 0 saturated carbocycles. The normalized spacial score (nSPS) is 23.9. The highest BCUT2D eigenvalue weighted by Crippen LogP contribution is 2.23. The van der Waals surface area contributed by atoms with Crippen molar-refractivity contribution in [2.24, 2.45) is 4.99 Å². The Morgan fingerprint density at radius 1 is 1.42 bits per heavy atom. The van der Waals surface area contributed by atoms with E-state index in [-0.39, 0.29) is 24.0 Å². The SMILES string of the molecule is CN=C(NCC1CCCO1)NC1CCN(c2cccc(Cl)c2)C1.I. The summed E-state index contributed by atoms with van der Waals surface area (Å²) in [6.45, 7) is 3.70. The maximum absolute atomic E-state index is 6.09. The summed E-state index contributed by atoms with van der Waals surface area (Å²) in [6.07, 6.45) is 3.71. The van der Waals surface area contributed by atoms with E-state index in [1.807, 2.05) is 25.2 Å². The molecule has 2 aliphatic heterocycles. The van der Waals surface area contributed by atoms with Gasteiger partial charge < -0.3 is 20.3 Å². The molecule has 0 aromatic heterocycles. The highest BCUT2D eigenvalue weighted by Gasteiger charge is 2.24. The molecule has 2 unspecified atom stereocenters. The molecule has 0 aliphatic carbocycles. The van der Waals surface area contributed by atoms with E-state index in [0.717, 1.165) is 56.5 Å². The average Bonchev–Trinajstić information content (AvgIpc) is 3.23. The van der Waals surface area contributed by atoms with Gasteiger partial charge in [0.05, 0.1) is 6.10 Å². The number of anilines is 1. The van der Waals surface area contributed by atoms with Gasteiger partial charge >= 0.3 is 0 Å². The zero-order valence-electron chi connectivity index (χ0n) is 14.0. The van der Waals surface area contributed by atoms with Crippen LogP contribution in [0.1, 0.15) is 19.3 Å². The van der Waals surface area contributed by atoms with Crippen LogP contribution < -0.4 is 15.5 Å². The molecule has 2 fully saturated rings. The van der Waals surface area contributed by atoms with Crippen molar-refractivity contribution in [1.82, 2.24) is 10.6 Å². The maximum atomic E-state index is 6.09. The van der Waals surface area contributed by atoms with E-state index in [2.05, 4.69) is 26.6 Å². The first kappa shape index (κ1) is 19.6. The quantitative estimate of drug-likeness (QED) is 0.409. The van der Waals surface area contributed by atoms with Gasteiger partial charge in [-0.05, 0) is 37.5 Å². The summed E-state index contributed by atoms with van der Waals surface area (Å²) in [4.78, 5) is 6.68. The molecule has 2 N–H and O–H groups in total. The smallest absolute Gasteiger partial charge is 0.191 e. The van der Waals surface area contributed by atoms with Crippen LogP contribution in [-0.2, 0) is 4.74 Å². The fourth-order valence-electron chi connectivity index (χ4n) is 3.19. The highest BCUT2D eigenvalue weighted by atomic mass is 127. The monoisotopic (exact) mass is 464 g/mol. The minimum Gasteiger partial charge on any atom is -0.376 e. The average molecular weight is 465 g/mol. The molecular weight excluding hydrogens is 439 g/mol. The third kappa shape index (κ3) is 5.39. The number of hydrogen-bond donors (Lipinski definition) is 2. The Morgan fingerprint density at radius 3 is 3.00 bits per heavy atom. The van der Waals surface area contributed by atoms with Gasteiger partial charge in [-0.1, -0.05) is 17.7 Å². The summed E-state index contributed by atoms with van der Waals surface area (Å²) >= 11 is 6.09. The first-order chi connectivity index (χ1) is 11.2. The minimum atomic E-state index is 0. The second-order valence-electron chi connectivity index (χ2n) is 6.14. The van der Waals surface area contributed by atoms with E-state index in [4.69, 9.17) is 16.3 Å². The topological polar surface area (TPSA) is 48.9 Å². The van der Waals surface area contributed by atoms with Crippen LogP contribution in [-0.4, -0.2) is 51.4 Å². The van der Waals surface area contributed by atoms with Crippen molar-refractivity contribution in [1.29, 1.82) is 0 Å². The summed E-state index contributed by atoms with van der Waals surface area (Å²) in [5.41, 5.74) is 1.18. The Bertz CT molecular complexity index is 551. The first-order valence-corrected chi connectivity index (χ1v) is 8.71. The zero-order chi connectivity index (χ0) is 16.1. The molecule has 1 aromatic rings. The number of halogens is 2. The largest absolute Gasteiger partial charge is 0.376 e. The van der Waals surface area contributed by atoms with Gasteiger partial charge in [-0.2, -0.15) is 0 Å². The summed E-state index contributed by atoms with van der Waals surface area (Å²) in [5.74, 6) is 0.860. The fourth-order valence-corrected chi connectivity index (χ4v) is 3.37. The van der Waals surface area contributed by atoms with E-state index in [9.17, 15) is 0 Å². The van der Waals surface area contributed by atoms with Gasteiger partial charge in [0.25, 0.3) is 0 Å². The number of guanidine groups is 1. The number of ether oxygens (including phenoxy) is 1. The molecule has 3 rings (SSSR count). The van der Waals surface area contributed by atoms with Crippen LogP contribution in [0.25, 0.3) is 0 Å². The Hall–Kier alpha value is -0.730. The lowest BCUT2D eigenvalue weighted by atomic mass is 10.2. The van der Waals surface area contributed by atoms with Crippen molar-refractivity contribution in [3.63, 3.8) is 0 Å². The maximum Gasteiger partial charge on any atom is 0.191 e. The van der Waals surface area contributed by atoms with Crippen LogP contribution in [0.15, 0.2) is 29.3 Å². The van der Waals surface area contributed by atoms with Gasteiger partial charge in [-0.15, -0.1) is 24.0 Å². The molecule has 5 nitrogen and oxygen atoms in total. The molecule has 0 spiro atoms. The third-order valence-corrected chi connectivity index (χ3v) is 4.68. The minimum absolute atomic E-state index is 0. The Balaban J connectivity index is 0.00000208. The van der Waals surface area contributed by atoms with Crippen molar-refractivity contribution in [2.45, 2.75) is 31.4 Å². The van der Waals surface area contributed by atoms with Crippen molar-refractivity contribution in [3.05, 3.63) is 29.3 Å². The second kappa shape index (κ2) is 9.68. The lowest BCUT2D eigenvalue weighted by molar-refractivity contribution is 0.113. The van der Waals surface area contributed by atoms with Crippen molar-refractivity contribution >= 4 is 47.2 Å². The van der Waals surface area contributed by atoms with Crippen LogP contribution in [0.4, 0.5) is 5.69 Å². The summed E-state index contributed by atoms with van der Waals surface area (Å²) in [5, 5.41) is 7.67. The van der Waals surface area contributed by atoms with E-state index < -0.39 is 0 Å². The van der Waals surface area contributed by atoms with Gasteiger partial charge in [0.1, 0.15) is 0 Å². The van der Waals surface area contributed by atoms with Crippen LogP contribution in [0.5, 0.6) is 0 Å². The van der Waals surface area contributed by atoms with E-state index in [1.165, 1.54) is 5.69 Å². The molecular formula is C17H26ClIN4O. The van der Waals surface area contributed by atoms with E-state index in [1.54, 1.807) is 0 Å². The number of nitrogens with zero attached hydrogens (tertiary/aromatic N) is 2. The van der Waals surface area contributed by atoms with Crippen molar-refractivity contribution < 1.29 is 4.74 Å². The number of rotatable bonds is 4. The van der Waals surface area contributed by atoms with Gasteiger partial charge in [-0.3, -0.25) is 4.99 Å². The molecule has 0 amide bonds. The third-order valence-electron chi connectivity index (χ3n) is 4.45. The summed E-state index contributed by atoms with van der Waals surface area (Å²) < 4.78 is 5.64. The van der Waals surface area contributed by atoms with Crippen LogP contribution in [0.2, 0.25) is 5.02 Å². The number of nitrogens with one attached hydrogen (secondary N) is 2. The van der Waals surface area contributed by atoms with Gasteiger partial charge in [0.15, 0.2) is 5.96 Å². The molecule has 134 valence electrons. The van der Waals surface area contributed by atoms with Gasteiger partial charge in [0.2, 0.25) is 0 Å². The zero-order valence-corrected chi connectivity index (χ0v) is 17.1. The number of hydrogen-bond acceptors (Lipinski definition) is 3. The Kier molecular flexibility index (Phi) is 7.90. The molecule has 24 heavy (non-hydrogen) atoms. The molecule has 1 aromatic carbocycles. The fraction of sp³-hybridized carbons (Fsp3) is 0.588. The molecule has 7 heteroatoms. The van der Waals surface area contributed by atoms with E-state index >= 15 is 0 Å². The van der Waals surface area contributed by atoms with Crippen molar-refractivity contribution in [3.8, 4) is 0 Å². The van der Waals surface area contributed by atoms with E-state index in [0.29, 0.717) is 12.1 Å². The predicted octanol–water partition coefficient (Wildman–Crippen LogP) is 2.88. The van der Waals surface area contributed by atoms with Crippen LogP contribution in [0, 0.1) is 0 Å². The highest BCUT2D eigenvalue weighted by molar-refractivity contribution is 14.0. The number of aliphatic imine (C=N–C) groups is 1. The van der Waals surface area contributed by atoms with Gasteiger partial charge in [0, 0.05) is 50.0 Å². The molecule has 2 heterocycles. The Labute approximate surface area is 166 Å². The molecule has 2 aliphatic rings. The van der Waals surface area contributed by atoms with Crippen LogP contribution in [0.3, 0.4) is 0 Å². The molecule has 2 saturated heterocycles. The molecule has 0 bridgehead atoms. The predicted molar refractivity (Wildman–Crippen MR) is 111 cm³/mol. The number of benzene rings is 1. The molecule has 2 atom stereocenters.